The zero-order valence-electron chi connectivity index (χ0n) is 7.59. The number of alkyl halides is 1. The highest BCUT2D eigenvalue weighted by Crippen LogP contribution is 2.20. The summed E-state index contributed by atoms with van der Waals surface area (Å²) in [5.74, 6) is 0. The second kappa shape index (κ2) is 5.79. The molecular weight excluding hydrogens is 176 g/mol. The molecule has 0 radical (unpaired) electrons. The molecule has 0 bridgehead atoms. The van der Waals surface area contributed by atoms with E-state index < -0.39 is 0 Å². The summed E-state index contributed by atoms with van der Waals surface area (Å²) in [6, 6.07) is 0. The van der Waals surface area contributed by atoms with Crippen LogP contribution >= 0.6 is 11.6 Å². The lowest BCUT2D eigenvalue weighted by atomic mass is 10.2. The quantitative estimate of drug-likeness (QED) is 0.504. The smallest absolute Gasteiger partial charge is 0.173 e. The van der Waals surface area contributed by atoms with Crippen LogP contribution in [0.4, 0.5) is 0 Å². The minimum absolute atomic E-state index is 0.0515. The van der Waals surface area contributed by atoms with Crippen LogP contribution in [0, 0.1) is 0 Å². The largest absolute Gasteiger partial charge is 0.351 e. The molecule has 0 aromatic carbocycles. The molecule has 72 valence electrons. The third-order valence-corrected chi connectivity index (χ3v) is 2.41. The molecule has 12 heavy (non-hydrogen) atoms. The van der Waals surface area contributed by atoms with Gasteiger partial charge in [0.15, 0.2) is 6.29 Å². The van der Waals surface area contributed by atoms with Gasteiger partial charge in [-0.05, 0) is 19.3 Å². The van der Waals surface area contributed by atoms with Crippen LogP contribution in [-0.4, -0.2) is 24.9 Å². The van der Waals surface area contributed by atoms with Crippen molar-refractivity contribution in [2.24, 2.45) is 0 Å². The SMILES string of the molecule is CCCCO[C@H]1OCCC[C@H]1Cl. The first-order valence-corrected chi connectivity index (χ1v) is 5.15. The van der Waals surface area contributed by atoms with Gasteiger partial charge in [-0.3, -0.25) is 0 Å². The van der Waals surface area contributed by atoms with Crippen molar-refractivity contribution in [3.8, 4) is 0 Å². The zero-order chi connectivity index (χ0) is 8.81. The third kappa shape index (κ3) is 3.30. The van der Waals surface area contributed by atoms with E-state index >= 15 is 0 Å². The number of halogens is 1. The molecule has 2 nitrogen and oxygen atoms in total. The highest BCUT2D eigenvalue weighted by molar-refractivity contribution is 6.20. The second-order valence-corrected chi connectivity index (χ2v) is 3.68. The Labute approximate surface area is 79.2 Å². The van der Waals surface area contributed by atoms with Crippen molar-refractivity contribution in [1.82, 2.24) is 0 Å². The molecule has 1 fully saturated rings. The monoisotopic (exact) mass is 192 g/mol. The van der Waals surface area contributed by atoms with Crippen LogP contribution in [0.1, 0.15) is 32.6 Å². The van der Waals surface area contributed by atoms with Gasteiger partial charge in [-0.1, -0.05) is 13.3 Å². The van der Waals surface area contributed by atoms with Gasteiger partial charge in [0.05, 0.1) is 5.38 Å². The van der Waals surface area contributed by atoms with E-state index in [0.29, 0.717) is 0 Å². The first-order valence-electron chi connectivity index (χ1n) is 4.72. The molecule has 0 unspecified atom stereocenters. The van der Waals surface area contributed by atoms with Gasteiger partial charge < -0.3 is 9.47 Å². The van der Waals surface area contributed by atoms with Crippen molar-refractivity contribution in [3.05, 3.63) is 0 Å². The predicted molar refractivity (Wildman–Crippen MR) is 49.5 cm³/mol. The zero-order valence-corrected chi connectivity index (χ0v) is 8.35. The summed E-state index contributed by atoms with van der Waals surface area (Å²) in [5, 5.41) is 0.0515. The molecule has 1 aliphatic rings. The van der Waals surface area contributed by atoms with Crippen molar-refractivity contribution in [2.75, 3.05) is 13.2 Å². The maximum Gasteiger partial charge on any atom is 0.173 e. The van der Waals surface area contributed by atoms with Gasteiger partial charge in [0, 0.05) is 13.2 Å². The minimum Gasteiger partial charge on any atom is -0.351 e. The highest BCUT2D eigenvalue weighted by atomic mass is 35.5. The van der Waals surface area contributed by atoms with Gasteiger partial charge in [-0.25, -0.2) is 0 Å². The van der Waals surface area contributed by atoms with Gasteiger partial charge in [0.2, 0.25) is 0 Å². The maximum atomic E-state index is 6.01. The Hall–Kier alpha value is 0.210. The molecule has 1 saturated heterocycles. The predicted octanol–water partition coefficient (Wildman–Crippen LogP) is 2.55. The van der Waals surface area contributed by atoms with Crippen LogP contribution in [-0.2, 0) is 9.47 Å². The van der Waals surface area contributed by atoms with Crippen LogP contribution in [0.3, 0.4) is 0 Å². The van der Waals surface area contributed by atoms with Gasteiger partial charge in [0.1, 0.15) is 0 Å². The fourth-order valence-electron chi connectivity index (χ4n) is 1.21. The summed E-state index contributed by atoms with van der Waals surface area (Å²) < 4.78 is 10.9. The molecular formula is C9H17ClO2. The standard InChI is InChI=1S/C9H17ClO2/c1-2-3-6-11-9-8(10)5-4-7-12-9/h8-9H,2-7H2,1H3/t8-,9+/m1/s1. The molecule has 0 saturated carbocycles. The van der Waals surface area contributed by atoms with Crippen LogP contribution in [0.2, 0.25) is 0 Å². The van der Waals surface area contributed by atoms with Crippen molar-refractivity contribution in [1.29, 1.82) is 0 Å². The minimum atomic E-state index is -0.160. The van der Waals surface area contributed by atoms with E-state index in [1.807, 2.05) is 0 Å². The van der Waals surface area contributed by atoms with Gasteiger partial charge in [0.25, 0.3) is 0 Å². The van der Waals surface area contributed by atoms with Crippen LogP contribution in [0.5, 0.6) is 0 Å². The topological polar surface area (TPSA) is 18.5 Å². The molecule has 2 atom stereocenters. The van der Waals surface area contributed by atoms with E-state index in [4.69, 9.17) is 21.1 Å². The number of unbranched alkanes of at least 4 members (excludes halogenated alkanes) is 1. The Kier molecular flexibility index (Phi) is 4.96. The lowest BCUT2D eigenvalue weighted by Gasteiger charge is -2.27. The molecule has 3 heteroatoms. The molecule has 0 aliphatic carbocycles. The van der Waals surface area contributed by atoms with E-state index in [0.717, 1.165) is 38.9 Å². The Morgan fingerprint density at radius 1 is 1.58 bits per heavy atom. The summed E-state index contributed by atoms with van der Waals surface area (Å²) in [5.41, 5.74) is 0. The number of hydrogen-bond donors (Lipinski definition) is 0. The third-order valence-electron chi connectivity index (χ3n) is 1.98. The summed E-state index contributed by atoms with van der Waals surface area (Å²) in [7, 11) is 0. The van der Waals surface area contributed by atoms with Gasteiger partial charge >= 0.3 is 0 Å². The van der Waals surface area contributed by atoms with Crippen molar-refractivity contribution in [2.45, 2.75) is 44.3 Å². The molecule has 0 spiro atoms. The maximum absolute atomic E-state index is 6.01. The van der Waals surface area contributed by atoms with E-state index in [-0.39, 0.29) is 11.7 Å². The summed E-state index contributed by atoms with van der Waals surface area (Å²) in [6.45, 7) is 3.70. The van der Waals surface area contributed by atoms with Crippen molar-refractivity contribution < 1.29 is 9.47 Å². The lowest BCUT2D eigenvalue weighted by molar-refractivity contribution is -0.159. The van der Waals surface area contributed by atoms with E-state index in [1.165, 1.54) is 0 Å². The van der Waals surface area contributed by atoms with Crippen LogP contribution < -0.4 is 0 Å². The first kappa shape index (κ1) is 10.3. The number of hydrogen-bond acceptors (Lipinski definition) is 2. The molecule has 1 aliphatic heterocycles. The molecule has 0 aromatic rings. The average Bonchev–Trinajstić information content (AvgIpc) is 2.09. The fourth-order valence-corrected chi connectivity index (χ4v) is 1.51. The van der Waals surface area contributed by atoms with Gasteiger partial charge in [-0.2, -0.15) is 0 Å². The Morgan fingerprint density at radius 3 is 3.08 bits per heavy atom. The normalized spacial score (nSPS) is 30.5. The van der Waals surface area contributed by atoms with E-state index in [9.17, 15) is 0 Å². The van der Waals surface area contributed by atoms with E-state index in [2.05, 4.69) is 6.92 Å². The van der Waals surface area contributed by atoms with Crippen molar-refractivity contribution >= 4 is 11.6 Å². The van der Waals surface area contributed by atoms with Gasteiger partial charge in [-0.15, -0.1) is 11.6 Å². The Bertz CT molecular complexity index is 119. The van der Waals surface area contributed by atoms with Crippen LogP contribution in [0.25, 0.3) is 0 Å². The number of ether oxygens (including phenoxy) is 2. The average molecular weight is 193 g/mol. The molecule has 0 amide bonds. The second-order valence-electron chi connectivity index (χ2n) is 3.12. The Morgan fingerprint density at radius 2 is 2.42 bits per heavy atom. The fraction of sp³-hybridized carbons (Fsp3) is 1.00. The van der Waals surface area contributed by atoms with Crippen molar-refractivity contribution in [3.63, 3.8) is 0 Å². The molecule has 0 aromatic heterocycles. The lowest BCUT2D eigenvalue weighted by Crippen LogP contribution is -2.32. The summed E-state index contributed by atoms with van der Waals surface area (Å²) >= 11 is 6.01. The number of rotatable bonds is 4. The highest BCUT2D eigenvalue weighted by Gasteiger charge is 2.23. The van der Waals surface area contributed by atoms with Crippen LogP contribution in [0.15, 0.2) is 0 Å². The first-order chi connectivity index (χ1) is 5.84. The van der Waals surface area contributed by atoms with E-state index in [1.54, 1.807) is 0 Å². The molecule has 1 heterocycles. The molecule has 0 N–H and O–H groups in total. The molecule has 1 rings (SSSR count). The summed E-state index contributed by atoms with van der Waals surface area (Å²) in [6.07, 6.45) is 4.15. The summed E-state index contributed by atoms with van der Waals surface area (Å²) in [4.78, 5) is 0. The Balaban J connectivity index is 2.11.